The number of methoxy groups -OCH3 is 1. The normalized spacial score (nSPS) is 11.8. The molecule has 0 bridgehead atoms. The first-order valence-corrected chi connectivity index (χ1v) is 6.01. The fourth-order valence-electron chi connectivity index (χ4n) is 1.52. The second-order valence-corrected chi connectivity index (χ2v) is 4.10. The molecule has 0 fully saturated rings. The van der Waals surface area contributed by atoms with E-state index in [9.17, 15) is 4.79 Å². The van der Waals surface area contributed by atoms with E-state index in [2.05, 4.69) is 20.3 Å². The minimum atomic E-state index is -0.720. The third-order valence-electron chi connectivity index (χ3n) is 2.64. The molecule has 0 aliphatic rings. The van der Waals surface area contributed by atoms with Crippen LogP contribution >= 0.6 is 0 Å². The van der Waals surface area contributed by atoms with E-state index in [1.54, 1.807) is 32.0 Å². The molecule has 1 amide bonds. The number of amides is 1. The first kappa shape index (κ1) is 13.9. The molecule has 0 saturated heterocycles. The van der Waals surface area contributed by atoms with Crippen molar-refractivity contribution in [2.75, 3.05) is 12.4 Å². The van der Waals surface area contributed by atoms with E-state index in [1.165, 1.54) is 7.11 Å². The second-order valence-electron chi connectivity index (χ2n) is 4.10. The molecule has 1 aromatic carbocycles. The molecule has 0 aliphatic heterocycles. The van der Waals surface area contributed by atoms with Gasteiger partial charge in [-0.05, 0) is 31.1 Å². The summed E-state index contributed by atoms with van der Waals surface area (Å²) in [6.45, 7) is 3.31. The molecule has 0 saturated carbocycles. The number of nitrogens with zero attached hydrogens (tertiary/aromatic N) is 2. The molecule has 1 aromatic heterocycles. The van der Waals surface area contributed by atoms with Gasteiger partial charge < -0.3 is 14.8 Å². The van der Waals surface area contributed by atoms with E-state index >= 15 is 0 Å². The van der Waals surface area contributed by atoms with Crippen LogP contribution in [0.2, 0.25) is 0 Å². The van der Waals surface area contributed by atoms with Crippen molar-refractivity contribution in [2.24, 2.45) is 0 Å². The Morgan fingerprint density at radius 3 is 2.60 bits per heavy atom. The number of benzene rings is 1. The van der Waals surface area contributed by atoms with E-state index in [1.807, 2.05) is 6.07 Å². The van der Waals surface area contributed by atoms with Gasteiger partial charge in [-0.1, -0.05) is 17.3 Å². The molecular weight excluding hydrogens is 262 g/mol. The van der Waals surface area contributed by atoms with Crippen LogP contribution in [0.1, 0.15) is 12.6 Å². The van der Waals surface area contributed by atoms with Gasteiger partial charge in [0.1, 0.15) is 5.69 Å². The molecule has 106 valence electrons. The lowest BCUT2D eigenvalue weighted by Gasteiger charge is -2.15. The summed E-state index contributed by atoms with van der Waals surface area (Å²) in [5.74, 6) is 0.985. The zero-order valence-electron chi connectivity index (χ0n) is 11.4. The maximum Gasteiger partial charge on any atom is 0.266 e. The molecule has 2 rings (SSSR count). The Morgan fingerprint density at radius 2 is 2.00 bits per heavy atom. The van der Waals surface area contributed by atoms with Gasteiger partial charge in [-0.15, -0.1) is 0 Å². The van der Waals surface area contributed by atoms with Crippen LogP contribution in [0.15, 0.2) is 28.9 Å². The highest BCUT2D eigenvalue weighted by molar-refractivity contribution is 5.93. The molecule has 1 N–H and O–H groups in total. The van der Waals surface area contributed by atoms with Gasteiger partial charge in [0.25, 0.3) is 5.91 Å². The Balaban J connectivity index is 2.02. The molecular formula is C13H15N3O4. The number of rotatable bonds is 5. The summed E-state index contributed by atoms with van der Waals surface area (Å²) in [7, 11) is 1.54. The molecule has 7 heteroatoms. The van der Waals surface area contributed by atoms with Crippen molar-refractivity contribution in [1.29, 1.82) is 0 Å². The van der Waals surface area contributed by atoms with Gasteiger partial charge in [0, 0.05) is 0 Å². The number of nitrogens with one attached hydrogen (secondary N) is 1. The Hall–Kier alpha value is -2.57. The smallest absolute Gasteiger partial charge is 0.266 e. The van der Waals surface area contributed by atoms with E-state index in [0.717, 1.165) is 0 Å². The van der Waals surface area contributed by atoms with E-state index in [-0.39, 0.29) is 11.7 Å². The minimum Gasteiger partial charge on any atom is -0.493 e. The Kier molecular flexibility index (Phi) is 4.19. The highest BCUT2D eigenvalue weighted by atomic mass is 16.6. The number of hydrogen-bond acceptors (Lipinski definition) is 6. The molecule has 1 atom stereocenters. The molecule has 2 aromatic rings. The number of carbonyl (C=O) groups excluding carboxylic acids is 1. The third-order valence-corrected chi connectivity index (χ3v) is 2.64. The van der Waals surface area contributed by atoms with Crippen molar-refractivity contribution < 1.29 is 18.9 Å². The van der Waals surface area contributed by atoms with Crippen molar-refractivity contribution in [3.8, 4) is 11.5 Å². The molecule has 0 aliphatic carbocycles. The molecule has 1 heterocycles. The lowest BCUT2D eigenvalue weighted by atomic mass is 10.3. The van der Waals surface area contributed by atoms with E-state index in [0.29, 0.717) is 17.2 Å². The Morgan fingerprint density at radius 1 is 1.30 bits per heavy atom. The quantitative estimate of drug-likeness (QED) is 0.896. The first-order valence-electron chi connectivity index (χ1n) is 6.01. The van der Waals surface area contributed by atoms with Crippen molar-refractivity contribution in [2.45, 2.75) is 20.0 Å². The standard InChI is InChI=1S/C13H15N3O4/c1-8-12(16-20-15-8)14-13(17)9(2)19-11-7-5-4-6-10(11)18-3/h4-7,9H,1-3H3,(H,14,16,17)/t9-/m0/s1. The van der Waals surface area contributed by atoms with Crippen molar-refractivity contribution in [3.63, 3.8) is 0 Å². The summed E-state index contributed by atoms with van der Waals surface area (Å²) in [5, 5.41) is 9.73. The van der Waals surface area contributed by atoms with Gasteiger partial charge >= 0.3 is 0 Å². The maximum atomic E-state index is 12.0. The molecule has 20 heavy (non-hydrogen) atoms. The van der Waals surface area contributed by atoms with Crippen LogP contribution in [0, 0.1) is 6.92 Å². The van der Waals surface area contributed by atoms with E-state index < -0.39 is 6.10 Å². The molecule has 7 nitrogen and oxygen atoms in total. The summed E-state index contributed by atoms with van der Waals surface area (Å²) in [5.41, 5.74) is 0.503. The highest BCUT2D eigenvalue weighted by Crippen LogP contribution is 2.26. The molecule has 0 spiro atoms. The Labute approximate surface area is 115 Å². The van der Waals surface area contributed by atoms with Crippen molar-refractivity contribution >= 4 is 11.7 Å². The van der Waals surface area contributed by atoms with Crippen LogP contribution in [-0.4, -0.2) is 29.4 Å². The van der Waals surface area contributed by atoms with Crippen LogP contribution in [0.3, 0.4) is 0 Å². The predicted octanol–water partition coefficient (Wildman–Crippen LogP) is 1.79. The predicted molar refractivity (Wildman–Crippen MR) is 70.7 cm³/mol. The zero-order chi connectivity index (χ0) is 14.5. The monoisotopic (exact) mass is 277 g/mol. The van der Waals surface area contributed by atoms with Crippen LogP contribution in [0.25, 0.3) is 0 Å². The minimum absolute atomic E-state index is 0.283. The maximum absolute atomic E-state index is 12.0. The number of hydrogen-bond donors (Lipinski definition) is 1. The van der Waals surface area contributed by atoms with Gasteiger partial charge in [0.15, 0.2) is 23.4 Å². The largest absolute Gasteiger partial charge is 0.493 e. The van der Waals surface area contributed by atoms with E-state index in [4.69, 9.17) is 9.47 Å². The van der Waals surface area contributed by atoms with Crippen LogP contribution in [0.4, 0.5) is 5.82 Å². The molecule has 0 unspecified atom stereocenters. The lowest BCUT2D eigenvalue weighted by molar-refractivity contribution is -0.122. The number of aromatic nitrogens is 2. The summed E-state index contributed by atoms with van der Waals surface area (Å²) < 4.78 is 15.2. The van der Waals surface area contributed by atoms with Crippen LogP contribution in [0.5, 0.6) is 11.5 Å². The Bertz CT molecular complexity index is 597. The average Bonchev–Trinajstić information content (AvgIpc) is 2.84. The SMILES string of the molecule is COc1ccccc1O[C@@H](C)C(=O)Nc1nonc1C. The molecule has 0 radical (unpaired) electrons. The summed E-state index contributed by atoms with van der Waals surface area (Å²) in [6.07, 6.45) is -0.720. The van der Waals surface area contributed by atoms with Crippen molar-refractivity contribution in [1.82, 2.24) is 10.3 Å². The number of para-hydroxylation sites is 2. The number of ether oxygens (including phenoxy) is 2. The fourth-order valence-corrected chi connectivity index (χ4v) is 1.52. The van der Waals surface area contributed by atoms with Crippen molar-refractivity contribution in [3.05, 3.63) is 30.0 Å². The number of aryl methyl sites for hydroxylation is 1. The lowest BCUT2D eigenvalue weighted by Crippen LogP contribution is -2.30. The number of carbonyl (C=O) groups is 1. The van der Waals surface area contributed by atoms with Gasteiger partial charge in [0.2, 0.25) is 0 Å². The third kappa shape index (κ3) is 3.05. The van der Waals surface area contributed by atoms with Crippen LogP contribution in [-0.2, 0) is 4.79 Å². The van der Waals surface area contributed by atoms with Gasteiger partial charge in [-0.2, -0.15) is 0 Å². The second kappa shape index (κ2) is 6.05. The fraction of sp³-hybridized carbons (Fsp3) is 0.308. The number of anilines is 1. The summed E-state index contributed by atoms with van der Waals surface area (Å²) in [4.78, 5) is 12.0. The first-order chi connectivity index (χ1) is 9.61. The topological polar surface area (TPSA) is 86.5 Å². The van der Waals surface area contributed by atoms with Crippen LogP contribution < -0.4 is 14.8 Å². The summed E-state index contributed by atoms with van der Waals surface area (Å²) >= 11 is 0. The summed E-state index contributed by atoms with van der Waals surface area (Å²) in [6, 6.07) is 7.10. The van der Waals surface area contributed by atoms with Gasteiger partial charge in [0.05, 0.1) is 7.11 Å². The van der Waals surface area contributed by atoms with Gasteiger partial charge in [-0.25, -0.2) is 4.63 Å². The highest BCUT2D eigenvalue weighted by Gasteiger charge is 2.19. The zero-order valence-corrected chi connectivity index (χ0v) is 11.4. The van der Waals surface area contributed by atoms with Gasteiger partial charge in [-0.3, -0.25) is 4.79 Å². The average molecular weight is 277 g/mol.